The maximum Gasteiger partial charge on any atom is 0.150 e. The first-order chi connectivity index (χ1) is 10.8. The summed E-state index contributed by atoms with van der Waals surface area (Å²) >= 11 is 0. The zero-order valence-corrected chi connectivity index (χ0v) is 14.7. The Bertz CT molecular complexity index is 649. The Labute approximate surface area is 139 Å². The average Bonchev–Trinajstić information content (AvgIpc) is 2.55. The SMILES string of the molecule is C=C(c1ccccc1)c1ccc(C=O)c(C)c1.COC(C)(C)C. The zero-order valence-electron chi connectivity index (χ0n) is 14.7. The molecule has 0 heterocycles. The molecular formula is C21H26O2. The van der Waals surface area contributed by atoms with E-state index < -0.39 is 0 Å². The Morgan fingerprint density at radius 2 is 1.61 bits per heavy atom. The van der Waals surface area contributed by atoms with Crippen molar-refractivity contribution in [1.82, 2.24) is 0 Å². The molecule has 23 heavy (non-hydrogen) atoms. The third-order valence-corrected chi connectivity index (χ3v) is 3.48. The number of aldehydes is 1. The van der Waals surface area contributed by atoms with Gasteiger partial charge < -0.3 is 4.74 Å². The van der Waals surface area contributed by atoms with E-state index >= 15 is 0 Å². The Morgan fingerprint density at radius 3 is 2.04 bits per heavy atom. The number of rotatable bonds is 3. The van der Waals surface area contributed by atoms with E-state index in [0.29, 0.717) is 0 Å². The smallest absolute Gasteiger partial charge is 0.150 e. The molecule has 122 valence electrons. The normalized spacial score (nSPS) is 10.5. The molecule has 2 aromatic carbocycles. The van der Waals surface area contributed by atoms with Crippen LogP contribution in [0.5, 0.6) is 0 Å². The lowest BCUT2D eigenvalue weighted by Crippen LogP contribution is -2.15. The highest BCUT2D eigenvalue weighted by atomic mass is 16.5. The molecule has 2 heteroatoms. The third kappa shape index (κ3) is 6.21. The summed E-state index contributed by atoms with van der Waals surface area (Å²) in [6.45, 7) is 12.1. The maximum atomic E-state index is 10.8. The van der Waals surface area contributed by atoms with Gasteiger partial charge in [0.05, 0.1) is 5.60 Å². The van der Waals surface area contributed by atoms with Crippen molar-refractivity contribution in [3.8, 4) is 0 Å². The number of benzene rings is 2. The molecule has 0 aromatic heterocycles. The molecule has 0 bridgehead atoms. The van der Waals surface area contributed by atoms with Crippen LogP contribution >= 0.6 is 0 Å². The number of hydrogen-bond acceptors (Lipinski definition) is 2. The van der Waals surface area contributed by atoms with E-state index in [-0.39, 0.29) is 5.60 Å². The minimum atomic E-state index is 0.0417. The van der Waals surface area contributed by atoms with Crippen molar-refractivity contribution in [2.45, 2.75) is 33.3 Å². The van der Waals surface area contributed by atoms with Crippen LogP contribution in [0.15, 0.2) is 55.1 Å². The van der Waals surface area contributed by atoms with E-state index in [1.807, 2.05) is 76.2 Å². The number of aryl methyl sites for hydroxylation is 1. The zero-order chi connectivity index (χ0) is 17.5. The Hall–Kier alpha value is -2.19. The molecule has 0 radical (unpaired) electrons. The summed E-state index contributed by atoms with van der Waals surface area (Å²) in [5, 5.41) is 0. The van der Waals surface area contributed by atoms with E-state index in [2.05, 4.69) is 6.58 Å². The Balaban J connectivity index is 0.000000379. The standard InChI is InChI=1S/C16H14O.C5H12O/c1-12-10-15(8-9-16(12)11-17)13(2)14-6-4-3-5-7-14;1-5(2,3)6-4/h3-11H,2H2,1H3;1-4H3. The second-order valence-electron chi connectivity index (χ2n) is 6.35. The summed E-state index contributed by atoms with van der Waals surface area (Å²) in [6, 6.07) is 15.8. The summed E-state index contributed by atoms with van der Waals surface area (Å²) < 4.78 is 4.94. The van der Waals surface area contributed by atoms with E-state index in [1.165, 1.54) is 0 Å². The number of carbonyl (C=O) groups is 1. The molecule has 0 saturated carbocycles. The molecule has 2 nitrogen and oxygen atoms in total. The van der Waals surface area contributed by atoms with Crippen LogP contribution in [0, 0.1) is 6.92 Å². The third-order valence-electron chi connectivity index (χ3n) is 3.48. The van der Waals surface area contributed by atoms with Crippen LogP contribution in [0.3, 0.4) is 0 Å². The lowest BCUT2D eigenvalue weighted by atomic mass is 9.96. The highest BCUT2D eigenvalue weighted by molar-refractivity contribution is 5.82. The Kier molecular flexibility index (Phi) is 6.92. The molecule has 2 aromatic rings. The highest BCUT2D eigenvalue weighted by Gasteiger charge is 2.04. The van der Waals surface area contributed by atoms with Gasteiger partial charge in [0, 0.05) is 12.7 Å². The average molecular weight is 310 g/mol. The molecule has 0 aliphatic carbocycles. The van der Waals surface area contributed by atoms with Crippen LogP contribution in [0.2, 0.25) is 0 Å². The topological polar surface area (TPSA) is 26.3 Å². The van der Waals surface area contributed by atoms with Gasteiger partial charge in [0.15, 0.2) is 0 Å². The molecule has 0 unspecified atom stereocenters. The van der Waals surface area contributed by atoms with Gasteiger partial charge in [-0.05, 0) is 50.0 Å². The van der Waals surface area contributed by atoms with Crippen molar-refractivity contribution < 1.29 is 9.53 Å². The van der Waals surface area contributed by atoms with Gasteiger partial charge in [0.25, 0.3) is 0 Å². The Morgan fingerprint density at radius 1 is 1.04 bits per heavy atom. The van der Waals surface area contributed by atoms with Gasteiger partial charge in [0.2, 0.25) is 0 Å². The highest BCUT2D eigenvalue weighted by Crippen LogP contribution is 2.22. The lowest BCUT2D eigenvalue weighted by molar-refractivity contribution is 0.0397. The maximum absolute atomic E-state index is 10.8. The van der Waals surface area contributed by atoms with E-state index in [0.717, 1.165) is 34.1 Å². The van der Waals surface area contributed by atoms with Crippen molar-refractivity contribution in [2.24, 2.45) is 0 Å². The van der Waals surface area contributed by atoms with Crippen molar-refractivity contribution in [2.75, 3.05) is 7.11 Å². The van der Waals surface area contributed by atoms with Crippen LogP contribution in [-0.4, -0.2) is 19.0 Å². The lowest BCUT2D eigenvalue weighted by Gasteiger charge is -2.14. The van der Waals surface area contributed by atoms with Gasteiger partial charge in [-0.1, -0.05) is 55.1 Å². The summed E-state index contributed by atoms with van der Waals surface area (Å²) in [4.78, 5) is 10.8. The molecule has 0 atom stereocenters. The largest absolute Gasteiger partial charge is 0.379 e. The monoisotopic (exact) mass is 310 g/mol. The van der Waals surface area contributed by atoms with Crippen LogP contribution in [-0.2, 0) is 4.74 Å². The van der Waals surface area contributed by atoms with Crippen molar-refractivity contribution in [3.63, 3.8) is 0 Å². The number of hydrogen-bond donors (Lipinski definition) is 0. The van der Waals surface area contributed by atoms with Gasteiger partial charge in [0.1, 0.15) is 6.29 Å². The molecular weight excluding hydrogens is 284 g/mol. The minimum Gasteiger partial charge on any atom is -0.379 e. The molecule has 0 saturated heterocycles. The summed E-state index contributed by atoms with van der Waals surface area (Å²) in [5.41, 5.74) is 4.89. The molecule has 0 aliphatic heterocycles. The number of ether oxygens (including phenoxy) is 1. The first kappa shape index (κ1) is 18.9. The molecule has 0 amide bonds. The predicted octanol–water partition coefficient (Wildman–Crippen LogP) is 5.30. The molecule has 0 N–H and O–H groups in total. The molecule has 0 fully saturated rings. The van der Waals surface area contributed by atoms with Crippen molar-refractivity contribution >= 4 is 11.9 Å². The summed E-state index contributed by atoms with van der Waals surface area (Å²) in [6.07, 6.45) is 0.879. The van der Waals surface area contributed by atoms with E-state index in [1.54, 1.807) is 7.11 Å². The fraction of sp³-hybridized carbons (Fsp3) is 0.286. The predicted molar refractivity (Wildman–Crippen MR) is 97.9 cm³/mol. The molecule has 2 rings (SSSR count). The van der Waals surface area contributed by atoms with Crippen molar-refractivity contribution in [3.05, 3.63) is 77.4 Å². The number of methoxy groups -OCH3 is 1. The van der Waals surface area contributed by atoms with Crippen LogP contribution in [0.4, 0.5) is 0 Å². The first-order valence-electron chi connectivity index (χ1n) is 7.64. The second kappa shape index (κ2) is 8.44. The van der Waals surface area contributed by atoms with E-state index in [9.17, 15) is 4.79 Å². The van der Waals surface area contributed by atoms with E-state index in [4.69, 9.17) is 4.74 Å². The molecule has 0 aliphatic rings. The summed E-state index contributed by atoms with van der Waals surface area (Å²) in [5.74, 6) is 0. The van der Waals surface area contributed by atoms with Crippen LogP contribution < -0.4 is 0 Å². The fourth-order valence-corrected chi connectivity index (χ4v) is 1.80. The fourth-order valence-electron chi connectivity index (χ4n) is 1.80. The first-order valence-corrected chi connectivity index (χ1v) is 7.64. The van der Waals surface area contributed by atoms with Crippen LogP contribution in [0.1, 0.15) is 47.8 Å². The van der Waals surface area contributed by atoms with Crippen molar-refractivity contribution in [1.29, 1.82) is 0 Å². The van der Waals surface area contributed by atoms with Crippen LogP contribution in [0.25, 0.3) is 5.57 Å². The molecule has 0 spiro atoms. The van der Waals surface area contributed by atoms with Gasteiger partial charge in [-0.25, -0.2) is 0 Å². The van der Waals surface area contributed by atoms with Gasteiger partial charge in [-0.2, -0.15) is 0 Å². The van der Waals surface area contributed by atoms with Gasteiger partial charge >= 0.3 is 0 Å². The van der Waals surface area contributed by atoms with Gasteiger partial charge in [-0.15, -0.1) is 0 Å². The number of carbonyl (C=O) groups excluding carboxylic acids is 1. The summed E-state index contributed by atoms with van der Waals surface area (Å²) in [7, 11) is 1.71. The quantitative estimate of drug-likeness (QED) is 0.719. The second-order valence-corrected chi connectivity index (χ2v) is 6.35. The minimum absolute atomic E-state index is 0.0417. The van der Waals surface area contributed by atoms with Gasteiger partial charge in [-0.3, -0.25) is 4.79 Å².